The number of rotatable bonds is 6. The summed E-state index contributed by atoms with van der Waals surface area (Å²) in [7, 11) is 0. The molecular weight excluding hydrogens is 370 g/mol. The molecule has 0 saturated carbocycles. The lowest BCUT2D eigenvalue weighted by molar-refractivity contribution is -0.117. The number of hydrogen-bond donors (Lipinski definition) is 1. The molecule has 0 atom stereocenters. The van der Waals surface area contributed by atoms with E-state index < -0.39 is 0 Å². The molecule has 0 spiro atoms. The van der Waals surface area contributed by atoms with Crippen LogP contribution in [0.25, 0.3) is 0 Å². The molecule has 0 aliphatic carbocycles. The van der Waals surface area contributed by atoms with Crippen LogP contribution in [0.4, 0.5) is 11.5 Å². The molecule has 150 valence electrons. The van der Waals surface area contributed by atoms with E-state index in [-0.39, 0.29) is 5.91 Å². The average molecular weight is 400 g/mol. The first-order valence-corrected chi connectivity index (χ1v) is 10.9. The van der Waals surface area contributed by atoms with E-state index in [0.717, 1.165) is 54.1 Å². The molecule has 1 saturated heterocycles. The maximum atomic E-state index is 12.4. The minimum Gasteiger partial charge on any atom is -0.354 e. The van der Waals surface area contributed by atoms with Gasteiger partial charge in [0, 0.05) is 54.4 Å². The summed E-state index contributed by atoms with van der Waals surface area (Å²) in [5.74, 6) is 2.23. The van der Waals surface area contributed by atoms with Gasteiger partial charge in [-0.15, -0.1) is 11.8 Å². The van der Waals surface area contributed by atoms with Crippen LogP contribution in [0.5, 0.6) is 0 Å². The van der Waals surface area contributed by atoms with Crippen molar-refractivity contribution in [2.75, 3.05) is 49.2 Å². The molecule has 1 N–H and O–H groups in total. The zero-order valence-corrected chi connectivity index (χ0v) is 17.9. The first kappa shape index (κ1) is 20.6. The van der Waals surface area contributed by atoms with E-state index in [9.17, 15) is 4.79 Å². The molecule has 7 heteroatoms. The third kappa shape index (κ3) is 5.45. The van der Waals surface area contributed by atoms with Crippen LogP contribution in [-0.2, 0) is 4.79 Å². The van der Waals surface area contributed by atoms with Crippen LogP contribution in [0.15, 0.2) is 35.2 Å². The van der Waals surface area contributed by atoms with Gasteiger partial charge in [0.15, 0.2) is 0 Å². The van der Waals surface area contributed by atoms with E-state index in [2.05, 4.69) is 33.9 Å². The van der Waals surface area contributed by atoms with Gasteiger partial charge in [-0.25, -0.2) is 9.97 Å². The van der Waals surface area contributed by atoms with Crippen LogP contribution < -0.4 is 10.2 Å². The molecule has 2 aromatic rings. The predicted octanol–water partition coefficient (Wildman–Crippen LogP) is 3.39. The Morgan fingerprint density at radius 2 is 1.93 bits per heavy atom. The number of hydrogen-bond acceptors (Lipinski definition) is 6. The van der Waals surface area contributed by atoms with Crippen LogP contribution in [-0.4, -0.2) is 59.8 Å². The summed E-state index contributed by atoms with van der Waals surface area (Å²) in [5, 5.41) is 3.01. The molecule has 3 rings (SSSR count). The number of piperazine rings is 1. The van der Waals surface area contributed by atoms with E-state index in [1.807, 2.05) is 43.5 Å². The number of aryl methyl sites for hydroxylation is 1. The average Bonchev–Trinajstić information content (AvgIpc) is 2.68. The highest BCUT2D eigenvalue weighted by Gasteiger charge is 2.21. The smallest absolute Gasteiger partial charge is 0.238 e. The first-order valence-electron chi connectivity index (χ1n) is 9.71. The SMILES string of the molecule is CSc1cccc(NC(=O)CN2CCN(c3cc(C)nc(C(C)C)n3)CC2)c1. The Kier molecular flexibility index (Phi) is 6.91. The molecule has 2 heterocycles. The van der Waals surface area contributed by atoms with Crippen molar-refractivity contribution in [1.29, 1.82) is 0 Å². The third-order valence-corrected chi connectivity index (χ3v) is 5.52. The second-order valence-corrected chi connectivity index (χ2v) is 8.30. The normalized spacial score (nSPS) is 15.1. The van der Waals surface area contributed by atoms with Crippen molar-refractivity contribution in [2.45, 2.75) is 31.6 Å². The summed E-state index contributed by atoms with van der Waals surface area (Å²) in [4.78, 5) is 27.3. The Morgan fingerprint density at radius 3 is 2.61 bits per heavy atom. The maximum Gasteiger partial charge on any atom is 0.238 e. The number of anilines is 2. The zero-order valence-electron chi connectivity index (χ0n) is 17.1. The molecule has 1 aromatic carbocycles. The van der Waals surface area contributed by atoms with Gasteiger partial charge >= 0.3 is 0 Å². The van der Waals surface area contributed by atoms with Crippen molar-refractivity contribution in [3.05, 3.63) is 41.9 Å². The standard InChI is InChI=1S/C21H29N5OS/c1-15(2)21-22-16(3)12-19(24-21)26-10-8-25(9-11-26)14-20(27)23-17-6-5-7-18(13-17)28-4/h5-7,12-13,15H,8-11,14H2,1-4H3,(H,23,27). The van der Waals surface area contributed by atoms with E-state index in [4.69, 9.17) is 4.98 Å². The lowest BCUT2D eigenvalue weighted by Gasteiger charge is -2.35. The number of thioether (sulfide) groups is 1. The van der Waals surface area contributed by atoms with Gasteiger partial charge in [0.05, 0.1) is 6.54 Å². The van der Waals surface area contributed by atoms with Crippen LogP contribution in [0, 0.1) is 6.92 Å². The van der Waals surface area contributed by atoms with Gasteiger partial charge in [-0.3, -0.25) is 9.69 Å². The molecule has 28 heavy (non-hydrogen) atoms. The number of aromatic nitrogens is 2. The molecule has 1 aromatic heterocycles. The number of carbonyl (C=O) groups is 1. The van der Waals surface area contributed by atoms with Gasteiger partial charge in [0.25, 0.3) is 0 Å². The Bertz CT molecular complexity index is 818. The topological polar surface area (TPSA) is 61.4 Å². The summed E-state index contributed by atoms with van der Waals surface area (Å²) >= 11 is 1.67. The lowest BCUT2D eigenvalue weighted by atomic mass is 10.2. The fraction of sp³-hybridized carbons (Fsp3) is 0.476. The van der Waals surface area contributed by atoms with Gasteiger partial charge < -0.3 is 10.2 Å². The molecule has 0 radical (unpaired) electrons. The highest BCUT2D eigenvalue weighted by Crippen LogP contribution is 2.20. The number of nitrogens with one attached hydrogen (secondary N) is 1. The Morgan fingerprint density at radius 1 is 1.18 bits per heavy atom. The Labute approximate surface area is 171 Å². The Balaban J connectivity index is 1.53. The van der Waals surface area contributed by atoms with Gasteiger partial charge in [-0.2, -0.15) is 0 Å². The van der Waals surface area contributed by atoms with Gasteiger partial charge in [-0.05, 0) is 31.4 Å². The van der Waals surface area contributed by atoms with Crippen molar-refractivity contribution < 1.29 is 4.79 Å². The van der Waals surface area contributed by atoms with Crippen LogP contribution in [0.3, 0.4) is 0 Å². The molecule has 1 fully saturated rings. The zero-order chi connectivity index (χ0) is 20.1. The molecule has 0 bridgehead atoms. The van der Waals surface area contributed by atoms with Crippen LogP contribution >= 0.6 is 11.8 Å². The second kappa shape index (κ2) is 9.39. The van der Waals surface area contributed by atoms with Gasteiger partial charge in [0.1, 0.15) is 11.6 Å². The molecule has 1 amide bonds. The maximum absolute atomic E-state index is 12.4. The fourth-order valence-electron chi connectivity index (χ4n) is 3.23. The Hall–Kier alpha value is -2.12. The quantitative estimate of drug-likeness (QED) is 0.752. The van der Waals surface area contributed by atoms with Crippen molar-refractivity contribution >= 4 is 29.2 Å². The first-order chi connectivity index (χ1) is 13.4. The monoisotopic (exact) mass is 399 g/mol. The molecule has 6 nitrogen and oxygen atoms in total. The number of carbonyl (C=O) groups excluding carboxylic acids is 1. The van der Waals surface area contributed by atoms with E-state index in [0.29, 0.717) is 12.5 Å². The second-order valence-electron chi connectivity index (χ2n) is 7.42. The van der Waals surface area contributed by atoms with Crippen molar-refractivity contribution in [1.82, 2.24) is 14.9 Å². The lowest BCUT2D eigenvalue weighted by Crippen LogP contribution is -2.49. The predicted molar refractivity (Wildman–Crippen MR) is 116 cm³/mol. The fourth-order valence-corrected chi connectivity index (χ4v) is 3.69. The minimum atomic E-state index is 0.0340. The van der Waals surface area contributed by atoms with E-state index in [1.54, 1.807) is 11.8 Å². The van der Waals surface area contributed by atoms with Crippen LogP contribution in [0.1, 0.15) is 31.3 Å². The summed E-state index contributed by atoms with van der Waals surface area (Å²) < 4.78 is 0. The minimum absolute atomic E-state index is 0.0340. The highest BCUT2D eigenvalue weighted by molar-refractivity contribution is 7.98. The van der Waals surface area contributed by atoms with Crippen molar-refractivity contribution in [3.8, 4) is 0 Å². The van der Waals surface area contributed by atoms with Gasteiger partial charge in [-0.1, -0.05) is 19.9 Å². The summed E-state index contributed by atoms with van der Waals surface area (Å²) in [6.07, 6.45) is 2.03. The third-order valence-electron chi connectivity index (χ3n) is 4.79. The highest BCUT2D eigenvalue weighted by atomic mass is 32.2. The van der Waals surface area contributed by atoms with Crippen molar-refractivity contribution in [2.24, 2.45) is 0 Å². The van der Waals surface area contributed by atoms with E-state index in [1.165, 1.54) is 0 Å². The summed E-state index contributed by atoms with van der Waals surface area (Å²) in [5.41, 5.74) is 1.86. The van der Waals surface area contributed by atoms with Gasteiger partial charge in [0.2, 0.25) is 5.91 Å². The number of nitrogens with zero attached hydrogens (tertiary/aromatic N) is 4. The largest absolute Gasteiger partial charge is 0.354 e. The summed E-state index contributed by atoms with van der Waals surface area (Å²) in [6, 6.07) is 9.99. The van der Waals surface area contributed by atoms with Crippen LogP contribution in [0.2, 0.25) is 0 Å². The molecule has 1 aliphatic heterocycles. The molecule has 1 aliphatic rings. The molecule has 0 unspecified atom stereocenters. The number of amides is 1. The van der Waals surface area contributed by atoms with Crippen molar-refractivity contribution in [3.63, 3.8) is 0 Å². The molecular formula is C21H29N5OS. The van der Waals surface area contributed by atoms with E-state index >= 15 is 0 Å². The summed E-state index contributed by atoms with van der Waals surface area (Å²) in [6.45, 7) is 10.1. The number of benzene rings is 1.